The predicted molar refractivity (Wildman–Crippen MR) is 64.6 cm³/mol. The fourth-order valence-electron chi connectivity index (χ4n) is 1.57. The summed E-state index contributed by atoms with van der Waals surface area (Å²) in [6.07, 6.45) is 1.59. The third-order valence-corrected chi connectivity index (χ3v) is 2.97. The van der Waals surface area contributed by atoms with E-state index >= 15 is 0 Å². The average molecular weight is 253 g/mol. The van der Waals surface area contributed by atoms with E-state index in [1.165, 1.54) is 0 Å². The molecule has 2 aromatic heterocycles. The maximum absolute atomic E-state index is 9.04. The van der Waals surface area contributed by atoms with Crippen LogP contribution in [0.5, 0.6) is 0 Å². The number of hydrogen-bond donors (Lipinski definition) is 1. The molecule has 0 saturated carbocycles. The van der Waals surface area contributed by atoms with Crippen molar-refractivity contribution in [2.24, 2.45) is 0 Å². The number of aliphatic hydroxyl groups is 1. The summed E-state index contributed by atoms with van der Waals surface area (Å²) < 4.78 is 1.80. The molecule has 2 rings (SSSR count). The molecule has 2 aromatic rings. The molecular formula is C11H13ClN4O. The van der Waals surface area contributed by atoms with Crippen molar-refractivity contribution in [3.05, 3.63) is 28.7 Å². The monoisotopic (exact) mass is 252 g/mol. The maximum atomic E-state index is 9.04. The lowest BCUT2D eigenvalue weighted by atomic mass is 10.3. The van der Waals surface area contributed by atoms with Gasteiger partial charge in [-0.05, 0) is 19.9 Å². The SMILES string of the molecule is CCn1nc(-c2nccc(CO)n2)c(Cl)c1C. The van der Waals surface area contributed by atoms with Gasteiger partial charge in [0, 0.05) is 12.7 Å². The second-order valence-electron chi connectivity index (χ2n) is 3.59. The normalized spacial score (nSPS) is 10.8. The molecule has 0 aliphatic heterocycles. The van der Waals surface area contributed by atoms with Gasteiger partial charge in [-0.25, -0.2) is 9.97 Å². The van der Waals surface area contributed by atoms with Crippen LogP contribution in [0.3, 0.4) is 0 Å². The zero-order chi connectivity index (χ0) is 12.4. The van der Waals surface area contributed by atoms with Gasteiger partial charge in [-0.3, -0.25) is 4.68 Å². The van der Waals surface area contributed by atoms with Gasteiger partial charge in [0.15, 0.2) is 5.82 Å². The van der Waals surface area contributed by atoms with Gasteiger partial charge in [0.2, 0.25) is 0 Å². The summed E-state index contributed by atoms with van der Waals surface area (Å²) >= 11 is 6.20. The van der Waals surface area contributed by atoms with Crippen molar-refractivity contribution in [3.8, 4) is 11.5 Å². The van der Waals surface area contributed by atoms with E-state index in [9.17, 15) is 0 Å². The Morgan fingerprint density at radius 1 is 1.47 bits per heavy atom. The molecule has 0 unspecified atom stereocenters. The Morgan fingerprint density at radius 3 is 2.82 bits per heavy atom. The van der Waals surface area contributed by atoms with E-state index in [2.05, 4.69) is 15.1 Å². The Kier molecular flexibility index (Phi) is 3.40. The van der Waals surface area contributed by atoms with Crippen molar-refractivity contribution < 1.29 is 5.11 Å². The first-order chi connectivity index (χ1) is 8.17. The topological polar surface area (TPSA) is 63.8 Å². The van der Waals surface area contributed by atoms with Gasteiger partial charge in [0.05, 0.1) is 23.0 Å². The van der Waals surface area contributed by atoms with Crippen LogP contribution in [0, 0.1) is 6.92 Å². The van der Waals surface area contributed by atoms with Crippen molar-refractivity contribution >= 4 is 11.6 Å². The van der Waals surface area contributed by atoms with Crippen LogP contribution in [0.4, 0.5) is 0 Å². The highest BCUT2D eigenvalue weighted by Gasteiger charge is 2.16. The highest BCUT2D eigenvalue weighted by Crippen LogP contribution is 2.27. The number of aliphatic hydroxyl groups excluding tert-OH is 1. The minimum Gasteiger partial charge on any atom is -0.390 e. The molecular weight excluding hydrogens is 240 g/mol. The Morgan fingerprint density at radius 2 is 2.24 bits per heavy atom. The zero-order valence-electron chi connectivity index (χ0n) is 9.68. The molecule has 0 radical (unpaired) electrons. The number of nitrogens with zero attached hydrogens (tertiary/aromatic N) is 4. The van der Waals surface area contributed by atoms with Crippen molar-refractivity contribution in [1.29, 1.82) is 0 Å². The molecule has 0 aromatic carbocycles. The van der Waals surface area contributed by atoms with Crippen molar-refractivity contribution in [2.45, 2.75) is 27.0 Å². The van der Waals surface area contributed by atoms with Crippen LogP contribution in [0.25, 0.3) is 11.5 Å². The number of rotatable bonds is 3. The van der Waals surface area contributed by atoms with Crippen molar-refractivity contribution in [3.63, 3.8) is 0 Å². The predicted octanol–water partition coefficient (Wildman–Crippen LogP) is 1.81. The fourth-order valence-corrected chi connectivity index (χ4v) is 1.79. The molecule has 0 aliphatic carbocycles. The molecule has 0 saturated heterocycles. The highest BCUT2D eigenvalue weighted by molar-refractivity contribution is 6.33. The van der Waals surface area contributed by atoms with E-state index < -0.39 is 0 Å². The molecule has 6 heteroatoms. The third kappa shape index (κ3) is 2.16. The molecule has 5 nitrogen and oxygen atoms in total. The minimum atomic E-state index is -0.124. The van der Waals surface area contributed by atoms with E-state index in [0.717, 1.165) is 12.2 Å². The smallest absolute Gasteiger partial charge is 0.181 e. The van der Waals surface area contributed by atoms with Crippen LogP contribution >= 0.6 is 11.6 Å². The van der Waals surface area contributed by atoms with Crippen LogP contribution in [0.15, 0.2) is 12.3 Å². The number of aryl methyl sites for hydroxylation is 1. The fraction of sp³-hybridized carbons (Fsp3) is 0.364. The highest BCUT2D eigenvalue weighted by atomic mass is 35.5. The first-order valence-corrected chi connectivity index (χ1v) is 5.71. The van der Waals surface area contributed by atoms with Gasteiger partial charge in [-0.2, -0.15) is 5.10 Å². The number of hydrogen-bond acceptors (Lipinski definition) is 4. The quantitative estimate of drug-likeness (QED) is 0.905. The van der Waals surface area contributed by atoms with Gasteiger partial charge < -0.3 is 5.11 Å². The summed E-state index contributed by atoms with van der Waals surface area (Å²) in [5.41, 5.74) is 2.00. The summed E-state index contributed by atoms with van der Waals surface area (Å²) in [5, 5.41) is 13.9. The summed E-state index contributed by atoms with van der Waals surface area (Å²) in [6.45, 7) is 4.51. The van der Waals surface area contributed by atoms with Crippen LogP contribution in [-0.4, -0.2) is 24.9 Å². The van der Waals surface area contributed by atoms with Crippen LogP contribution in [0.1, 0.15) is 18.3 Å². The van der Waals surface area contributed by atoms with Crippen molar-refractivity contribution in [1.82, 2.24) is 19.7 Å². The minimum absolute atomic E-state index is 0.124. The third-order valence-electron chi connectivity index (χ3n) is 2.52. The van der Waals surface area contributed by atoms with Gasteiger partial charge in [-0.15, -0.1) is 0 Å². The maximum Gasteiger partial charge on any atom is 0.181 e. The molecule has 0 atom stereocenters. The summed E-state index contributed by atoms with van der Waals surface area (Å²) in [4.78, 5) is 8.31. The second kappa shape index (κ2) is 4.81. The zero-order valence-corrected chi connectivity index (χ0v) is 10.4. The van der Waals surface area contributed by atoms with Gasteiger partial charge >= 0.3 is 0 Å². The van der Waals surface area contributed by atoms with E-state index in [1.807, 2.05) is 13.8 Å². The van der Waals surface area contributed by atoms with Crippen molar-refractivity contribution in [2.75, 3.05) is 0 Å². The Hall–Kier alpha value is -1.46. The molecule has 17 heavy (non-hydrogen) atoms. The van der Waals surface area contributed by atoms with E-state index in [1.54, 1.807) is 16.9 Å². The largest absolute Gasteiger partial charge is 0.390 e. The van der Waals surface area contributed by atoms with E-state index in [4.69, 9.17) is 16.7 Å². The molecule has 0 bridgehead atoms. The van der Waals surface area contributed by atoms with Crippen LogP contribution < -0.4 is 0 Å². The van der Waals surface area contributed by atoms with Crippen LogP contribution in [-0.2, 0) is 13.2 Å². The molecule has 2 heterocycles. The molecule has 0 aliphatic rings. The summed E-state index contributed by atoms with van der Waals surface area (Å²) in [5.74, 6) is 0.442. The number of halogens is 1. The Balaban J connectivity index is 2.52. The van der Waals surface area contributed by atoms with Gasteiger partial charge in [-0.1, -0.05) is 11.6 Å². The van der Waals surface area contributed by atoms with Crippen LogP contribution in [0.2, 0.25) is 5.02 Å². The first-order valence-electron chi connectivity index (χ1n) is 5.33. The average Bonchev–Trinajstić information content (AvgIpc) is 2.66. The van der Waals surface area contributed by atoms with Gasteiger partial charge in [0.1, 0.15) is 5.69 Å². The summed E-state index contributed by atoms with van der Waals surface area (Å²) in [7, 11) is 0. The lowest BCUT2D eigenvalue weighted by Crippen LogP contribution is -1.99. The molecule has 90 valence electrons. The Labute approximate surface area is 104 Å². The molecule has 0 spiro atoms. The van der Waals surface area contributed by atoms with E-state index in [-0.39, 0.29) is 6.61 Å². The lowest BCUT2D eigenvalue weighted by Gasteiger charge is -1.98. The van der Waals surface area contributed by atoms with Gasteiger partial charge in [0.25, 0.3) is 0 Å². The summed E-state index contributed by atoms with van der Waals surface area (Å²) in [6, 6.07) is 1.65. The standard InChI is InChI=1S/C11H13ClN4O/c1-3-16-7(2)9(12)10(15-16)11-13-5-4-8(6-17)14-11/h4-5,17H,3,6H2,1-2H3. The second-order valence-corrected chi connectivity index (χ2v) is 3.97. The first kappa shape index (κ1) is 12.0. The molecule has 0 amide bonds. The molecule has 0 fully saturated rings. The molecule has 1 N–H and O–H groups in total. The Bertz CT molecular complexity index is 538. The number of aromatic nitrogens is 4. The van der Waals surface area contributed by atoms with E-state index in [0.29, 0.717) is 22.2 Å². The lowest BCUT2D eigenvalue weighted by molar-refractivity contribution is 0.277.